The van der Waals surface area contributed by atoms with Gasteiger partial charge in [0.2, 0.25) is 5.91 Å². The van der Waals surface area contributed by atoms with Crippen molar-refractivity contribution in [1.82, 2.24) is 10.6 Å². The molecule has 1 aromatic rings. The lowest BCUT2D eigenvalue weighted by Crippen LogP contribution is -2.38. The van der Waals surface area contributed by atoms with Crippen LogP contribution in [0.3, 0.4) is 0 Å². The fourth-order valence-electron chi connectivity index (χ4n) is 1.24. The zero-order valence-electron chi connectivity index (χ0n) is 9.73. The van der Waals surface area contributed by atoms with E-state index in [2.05, 4.69) is 15.4 Å². The molecule has 17 heavy (non-hydrogen) atoms. The lowest BCUT2D eigenvalue weighted by Gasteiger charge is -2.07. The van der Waals surface area contributed by atoms with Gasteiger partial charge in [0.25, 0.3) is 0 Å². The molecule has 0 bridgehead atoms. The normalized spacial score (nSPS) is 9.47. The second-order valence-corrected chi connectivity index (χ2v) is 3.34. The van der Waals surface area contributed by atoms with E-state index in [0.29, 0.717) is 13.0 Å². The van der Waals surface area contributed by atoms with Crippen molar-refractivity contribution in [1.29, 1.82) is 0 Å². The molecule has 1 aromatic carbocycles. The first kappa shape index (κ1) is 13.0. The molecule has 5 heteroatoms. The molecule has 0 spiro atoms. The highest BCUT2D eigenvalue weighted by molar-refractivity contribution is 5.79. The Hall–Kier alpha value is -2.04. The van der Waals surface area contributed by atoms with E-state index in [1.807, 2.05) is 30.3 Å². The van der Waals surface area contributed by atoms with Gasteiger partial charge in [0, 0.05) is 0 Å². The van der Waals surface area contributed by atoms with E-state index in [-0.39, 0.29) is 12.6 Å². The highest BCUT2D eigenvalue weighted by Crippen LogP contribution is 1.98. The van der Waals surface area contributed by atoms with Crippen LogP contribution in [0.4, 0.5) is 4.79 Å². The predicted octanol–water partition coefficient (Wildman–Crippen LogP) is 1.05. The number of amides is 2. The van der Waals surface area contributed by atoms with Crippen LogP contribution in [0.5, 0.6) is 0 Å². The Kier molecular flexibility index (Phi) is 5.57. The van der Waals surface area contributed by atoms with E-state index in [9.17, 15) is 9.59 Å². The monoisotopic (exact) mass is 236 g/mol. The van der Waals surface area contributed by atoms with Crippen molar-refractivity contribution < 1.29 is 14.3 Å². The molecule has 0 heterocycles. The van der Waals surface area contributed by atoms with Crippen molar-refractivity contribution in [2.75, 3.05) is 13.3 Å². The number of ether oxygens (including phenoxy) is 1. The smallest absolute Gasteiger partial charge is 0.408 e. The van der Waals surface area contributed by atoms with Gasteiger partial charge in [-0.1, -0.05) is 30.3 Å². The Bertz CT molecular complexity index is 365. The van der Waals surface area contributed by atoms with Crippen molar-refractivity contribution in [3.8, 4) is 0 Å². The van der Waals surface area contributed by atoms with Crippen molar-refractivity contribution >= 4 is 12.0 Å². The molecule has 0 radical (unpaired) electrons. The van der Waals surface area contributed by atoms with Crippen LogP contribution in [0.15, 0.2) is 30.3 Å². The van der Waals surface area contributed by atoms with Gasteiger partial charge in [-0.15, -0.1) is 0 Å². The summed E-state index contributed by atoms with van der Waals surface area (Å²) in [5, 5.41) is 4.98. The van der Waals surface area contributed by atoms with Gasteiger partial charge in [-0.2, -0.15) is 0 Å². The first-order valence-corrected chi connectivity index (χ1v) is 5.43. The van der Waals surface area contributed by atoms with E-state index >= 15 is 0 Å². The summed E-state index contributed by atoms with van der Waals surface area (Å²) in [6.45, 7) is 2.10. The molecule has 2 N–H and O–H groups in total. The number of hydrogen-bond acceptors (Lipinski definition) is 3. The molecule has 0 atom stereocenters. The van der Waals surface area contributed by atoms with Crippen LogP contribution in [0.1, 0.15) is 12.5 Å². The Morgan fingerprint density at radius 2 is 1.88 bits per heavy atom. The molecule has 2 amide bonds. The van der Waals surface area contributed by atoms with Gasteiger partial charge in [0.05, 0.1) is 19.7 Å². The minimum atomic E-state index is -0.535. The molecule has 0 saturated carbocycles. The maximum Gasteiger partial charge on any atom is 0.408 e. The molecule has 0 aliphatic heterocycles. The maximum atomic E-state index is 11.4. The number of rotatable bonds is 5. The first-order valence-electron chi connectivity index (χ1n) is 5.43. The third-order valence-corrected chi connectivity index (χ3v) is 2.00. The second kappa shape index (κ2) is 7.27. The van der Waals surface area contributed by atoms with Crippen LogP contribution in [0.2, 0.25) is 0 Å². The van der Waals surface area contributed by atoms with E-state index in [0.717, 1.165) is 5.56 Å². The summed E-state index contributed by atoms with van der Waals surface area (Å²) in [6.07, 6.45) is -0.238. The lowest BCUT2D eigenvalue weighted by atomic mass is 10.1. The molecule has 1 rings (SSSR count). The molecule has 0 aliphatic rings. The summed E-state index contributed by atoms with van der Waals surface area (Å²) in [5.41, 5.74) is 0.932. The van der Waals surface area contributed by atoms with Gasteiger partial charge in [-0.05, 0) is 12.5 Å². The molecule has 5 nitrogen and oxygen atoms in total. The summed E-state index contributed by atoms with van der Waals surface area (Å²) in [5.74, 6) is -0.145. The Morgan fingerprint density at radius 3 is 2.53 bits per heavy atom. The second-order valence-electron chi connectivity index (χ2n) is 3.34. The fraction of sp³-hybridized carbons (Fsp3) is 0.333. The number of carbonyl (C=O) groups is 2. The third-order valence-electron chi connectivity index (χ3n) is 2.00. The summed E-state index contributed by atoms with van der Waals surface area (Å²) in [6, 6.07) is 9.39. The maximum absolute atomic E-state index is 11.4. The molecular weight excluding hydrogens is 220 g/mol. The van der Waals surface area contributed by atoms with Crippen molar-refractivity contribution in [2.45, 2.75) is 13.3 Å². The highest BCUT2D eigenvalue weighted by atomic mass is 16.5. The van der Waals surface area contributed by atoms with Crippen molar-refractivity contribution in [2.24, 2.45) is 0 Å². The van der Waals surface area contributed by atoms with E-state index in [1.54, 1.807) is 6.92 Å². The van der Waals surface area contributed by atoms with Gasteiger partial charge in [0.1, 0.15) is 0 Å². The Morgan fingerprint density at radius 1 is 1.18 bits per heavy atom. The third kappa shape index (κ3) is 5.55. The zero-order chi connectivity index (χ0) is 12.5. The van der Waals surface area contributed by atoms with Crippen LogP contribution < -0.4 is 10.6 Å². The summed E-state index contributed by atoms with van der Waals surface area (Å²) >= 11 is 0. The number of nitrogens with one attached hydrogen (secondary N) is 2. The van der Waals surface area contributed by atoms with Gasteiger partial charge < -0.3 is 15.4 Å². The van der Waals surface area contributed by atoms with E-state index < -0.39 is 6.09 Å². The van der Waals surface area contributed by atoms with E-state index in [1.165, 1.54) is 0 Å². The Labute approximate surface area is 100 Å². The average Bonchev–Trinajstić information content (AvgIpc) is 2.30. The summed E-state index contributed by atoms with van der Waals surface area (Å²) < 4.78 is 4.64. The van der Waals surface area contributed by atoms with Crippen LogP contribution in [0, 0.1) is 0 Å². The number of alkyl carbamates (subject to hydrolysis) is 1. The standard InChI is InChI=1S/C12H16N2O3/c1-2-17-12(16)14-9-13-11(15)8-10-6-4-3-5-7-10/h3-7H,2,8-9H2,1H3,(H,13,15)(H,14,16). The van der Waals surface area contributed by atoms with Crippen LogP contribution in [0.25, 0.3) is 0 Å². The van der Waals surface area contributed by atoms with Crippen LogP contribution in [-0.2, 0) is 16.0 Å². The minimum absolute atomic E-state index is 0.0739. The summed E-state index contributed by atoms with van der Waals surface area (Å²) in [4.78, 5) is 22.3. The largest absolute Gasteiger partial charge is 0.450 e. The van der Waals surface area contributed by atoms with Gasteiger partial charge in [-0.3, -0.25) is 4.79 Å². The molecule has 0 fully saturated rings. The van der Waals surface area contributed by atoms with Gasteiger partial charge in [-0.25, -0.2) is 4.79 Å². The van der Waals surface area contributed by atoms with E-state index in [4.69, 9.17) is 0 Å². The van der Waals surface area contributed by atoms with Gasteiger partial charge in [0.15, 0.2) is 0 Å². The topological polar surface area (TPSA) is 67.4 Å². The highest BCUT2D eigenvalue weighted by Gasteiger charge is 2.03. The number of benzene rings is 1. The molecule has 0 saturated heterocycles. The molecular formula is C12H16N2O3. The number of carbonyl (C=O) groups excluding carboxylic acids is 2. The van der Waals surface area contributed by atoms with Crippen molar-refractivity contribution in [3.05, 3.63) is 35.9 Å². The van der Waals surface area contributed by atoms with Gasteiger partial charge >= 0.3 is 6.09 Å². The first-order chi connectivity index (χ1) is 8.22. The van der Waals surface area contributed by atoms with Crippen molar-refractivity contribution in [3.63, 3.8) is 0 Å². The molecule has 0 unspecified atom stereocenters. The predicted molar refractivity (Wildman–Crippen MR) is 63.3 cm³/mol. The summed E-state index contributed by atoms with van der Waals surface area (Å²) in [7, 11) is 0. The minimum Gasteiger partial charge on any atom is -0.450 e. The quantitative estimate of drug-likeness (QED) is 0.751. The Balaban J connectivity index is 2.20. The zero-order valence-corrected chi connectivity index (χ0v) is 9.73. The van der Waals surface area contributed by atoms with Crippen LogP contribution >= 0.6 is 0 Å². The average molecular weight is 236 g/mol. The van der Waals surface area contributed by atoms with Crippen LogP contribution in [-0.4, -0.2) is 25.3 Å². The lowest BCUT2D eigenvalue weighted by molar-refractivity contribution is -0.120. The molecule has 92 valence electrons. The number of hydrogen-bond donors (Lipinski definition) is 2. The molecule has 0 aliphatic carbocycles. The fourth-order valence-corrected chi connectivity index (χ4v) is 1.24. The SMILES string of the molecule is CCOC(=O)NCNC(=O)Cc1ccccc1. The molecule has 0 aromatic heterocycles.